The van der Waals surface area contributed by atoms with Crippen LogP contribution in [0, 0.1) is 37.5 Å². The number of nitro benzene ring substituents is 3. The van der Waals surface area contributed by atoms with Gasteiger partial charge in [0.25, 0.3) is 17.1 Å². The molecular weight excluding hydrogens is 497 g/mol. The maximum atomic E-state index is 11.1. The second-order valence-electron chi connectivity index (χ2n) is 5.27. The van der Waals surface area contributed by atoms with Gasteiger partial charge >= 0.3 is 21.2 Å². The lowest BCUT2D eigenvalue weighted by Gasteiger charge is -2.06. The number of rotatable bonds is 5. The van der Waals surface area contributed by atoms with Gasteiger partial charge in [-0.25, -0.2) is 0 Å². The summed E-state index contributed by atoms with van der Waals surface area (Å²) < 4.78 is 2.96. The standard InChI is InChI=1S/C12H10I.C6H3N3O7/c1-3-7-11(8-4-1)13-12-9-5-2-6-10-12;10-6-4(8(13)14)1-3(7(11)12)2-5(6)9(15)16/h1-10H;1-2,10H/q+1;/p-1. The molecule has 0 radical (unpaired) electrons. The van der Waals surface area contributed by atoms with Gasteiger partial charge in [0.15, 0.2) is 7.14 Å². The van der Waals surface area contributed by atoms with Crippen molar-refractivity contribution in [1.82, 2.24) is 0 Å². The van der Waals surface area contributed by atoms with Crippen molar-refractivity contribution in [3.05, 3.63) is 110 Å². The fraction of sp³-hybridized carbons (Fsp3) is 0. The van der Waals surface area contributed by atoms with Crippen molar-refractivity contribution in [2.24, 2.45) is 0 Å². The number of halogens is 1. The number of nitro groups is 3. The van der Waals surface area contributed by atoms with Crippen LogP contribution in [0.25, 0.3) is 0 Å². The molecule has 0 saturated heterocycles. The smallest absolute Gasteiger partial charge is 0.357 e. The maximum Gasteiger partial charge on any atom is 0.357 e. The molecule has 0 N–H and O–H groups in total. The lowest BCUT2D eigenvalue weighted by Crippen LogP contribution is -3.61. The summed E-state index contributed by atoms with van der Waals surface area (Å²) in [6, 6.07) is 22.2. The first-order valence-electron chi connectivity index (χ1n) is 7.82. The van der Waals surface area contributed by atoms with Crippen LogP contribution in [0.2, 0.25) is 0 Å². The second kappa shape index (κ2) is 10.1. The minimum atomic E-state index is -1.46. The number of hydrogen-bond donors (Lipinski definition) is 0. The number of non-ortho nitro benzene ring substituents is 1. The monoisotopic (exact) mass is 509 g/mol. The molecular formula is C18H12IN3O7. The molecule has 10 nitrogen and oxygen atoms in total. The van der Waals surface area contributed by atoms with E-state index >= 15 is 0 Å². The highest BCUT2D eigenvalue weighted by atomic mass is 127. The van der Waals surface area contributed by atoms with Gasteiger partial charge in [-0.1, -0.05) is 36.4 Å². The third-order valence-corrected chi connectivity index (χ3v) is 6.01. The molecule has 0 aliphatic rings. The van der Waals surface area contributed by atoms with Crippen LogP contribution in [0.5, 0.6) is 5.75 Å². The third-order valence-electron chi connectivity index (χ3n) is 3.32. The fourth-order valence-corrected chi connectivity index (χ4v) is 4.31. The van der Waals surface area contributed by atoms with E-state index in [-0.39, 0.29) is 21.2 Å². The molecule has 3 aromatic carbocycles. The van der Waals surface area contributed by atoms with Gasteiger partial charge in [-0.2, -0.15) is 0 Å². The van der Waals surface area contributed by atoms with E-state index in [0.717, 1.165) is 0 Å². The molecule has 0 saturated carbocycles. The van der Waals surface area contributed by atoms with Crippen molar-refractivity contribution < 1.29 is 41.1 Å². The quantitative estimate of drug-likeness (QED) is 0.273. The van der Waals surface area contributed by atoms with Gasteiger partial charge in [-0.05, 0) is 24.3 Å². The first-order chi connectivity index (χ1) is 13.8. The van der Waals surface area contributed by atoms with Crippen molar-refractivity contribution in [3.8, 4) is 5.75 Å². The lowest BCUT2D eigenvalue weighted by atomic mass is 10.2. The Balaban J connectivity index is 0.000000211. The van der Waals surface area contributed by atoms with Crippen molar-refractivity contribution in [2.45, 2.75) is 0 Å². The highest BCUT2D eigenvalue weighted by Crippen LogP contribution is 2.36. The van der Waals surface area contributed by atoms with Gasteiger partial charge in [0.1, 0.15) is 0 Å². The molecule has 0 heterocycles. The zero-order valence-corrected chi connectivity index (χ0v) is 16.7. The van der Waals surface area contributed by atoms with Gasteiger partial charge in [0.2, 0.25) is 0 Å². The molecule has 0 aliphatic heterocycles. The van der Waals surface area contributed by atoms with E-state index < -0.39 is 37.6 Å². The van der Waals surface area contributed by atoms with Crippen molar-refractivity contribution in [2.75, 3.05) is 0 Å². The Bertz CT molecular complexity index is 958. The molecule has 0 fully saturated rings. The van der Waals surface area contributed by atoms with Crippen molar-refractivity contribution in [3.63, 3.8) is 0 Å². The largest absolute Gasteiger partial charge is 0.863 e. The SMILES string of the molecule is O=[N+]([O-])c1cc([N+](=O)[O-])c([O-])c([N+](=O)[O-])c1.c1ccc([I+]c2ccccc2)cc1. The van der Waals surface area contributed by atoms with E-state index in [2.05, 4.69) is 60.7 Å². The van der Waals surface area contributed by atoms with Crippen LogP contribution >= 0.6 is 0 Å². The molecule has 0 amide bonds. The van der Waals surface area contributed by atoms with Crippen LogP contribution in [0.4, 0.5) is 17.1 Å². The van der Waals surface area contributed by atoms with Gasteiger partial charge in [-0.15, -0.1) is 0 Å². The lowest BCUT2D eigenvalue weighted by molar-refractivity contribution is -0.597. The summed E-state index contributed by atoms with van der Waals surface area (Å²) in [5.41, 5.74) is -3.26. The molecule has 3 rings (SSSR count). The fourth-order valence-electron chi connectivity index (χ4n) is 2.04. The Labute approximate surface area is 174 Å². The van der Waals surface area contributed by atoms with E-state index in [1.54, 1.807) is 0 Å². The normalized spacial score (nSPS) is 9.79. The molecule has 148 valence electrons. The van der Waals surface area contributed by atoms with Crippen LogP contribution in [0.1, 0.15) is 0 Å². The van der Waals surface area contributed by atoms with E-state index in [9.17, 15) is 35.4 Å². The van der Waals surface area contributed by atoms with E-state index in [4.69, 9.17) is 0 Å². The Morgan fingerprint density at radius 1 is 0.621 bits per heavy atom. The Kier molecular flexibility index (Phi) is 7.54. The summed E-state index contributed by atoms with van der Waals surface area (Å²) in [5, 5.41) is 42.1. The highest BCUT2D eigenvalue weighted by molar-refractivity contribution is 5.63. The molecule has 0 aromatic heterocycles. The van der Waals surface area contributed by atoms with Gasteiger partial charge < -0.3 is 5.11 Å². The van der Waals surface area contributed by atoms with Gasteiger partial charge in [0, 0.05) is 0 Å². The van der Waals surface area contributed by atoms with Crippen LogP contribution in [-0.4, -0.2) is 14.8 Å². The van der Waals surface area contributed by atoms with E-state index in [1.807, 2.05) is 0 Å². The van der Waals surface area contributed by atoms with Gasteiger partial charge in [0.05, 0.1) is 32.7 Å². The summed E-state index contributed by atoms with van der Waals surface area (Å²) in [5.74, 6) is -1.46. The van der Waals surface area contributed by atoms with Gasteiger partial charge in [-0.3, -0.25) is 30.3 Å². The number of hydrogen-bond acceptors (Lipinski definition) is 7. The molecule has 0 spiro atoms. The molecule has 0 aliphatic carbocycles. The highest BCUT2D eigenvalue weighted by Gasteiger charge is 2.24. The van der Waals surface area contributed by atoms with Crippen molar-refractivity contribution >= 4 is 17.1 Å². The van der Waals surface area contributed by atoms with E-state index in [0.29, 0.717) is 12.1 Å². The number of benzene rings is 3. The molecule has 0 bridgehead atoms. The minimum Gasteiger partial charge on any atom is -0.863 e. The van der Waals surface area contributed by atoms with Crippen LogP contribution in [0.3, 0.4) is 0 Å². The first kappa shape index (κ1) is 21.7. The topological polar surface area (TPSA) is 152 Å². The predicted octanol–water partition coefficient (Wildman–Crippen LogP) is 0.300. The maximum absolute atomic E-state index is 11.1. The third kappa shape index (κ3) is 6.21. The molecule has 29 heavy (non-hydrogen) atoms. The average molecular weight is 509 g/mol. The zero-order chi connectivity index (χ0) is 21.4. The Morgan fingerprint density at radius 3 is 1.31 bits per heavy atom. The molecule has 3 aromatic rings. The predicted molar refractivity (Wildman–Crippen MR) is 96.1 cm³/mol. The minimum absolute atomic E-state index is 0.0287. The van der Waals surface area contributed by atoms with Crippen LogP contribution < -0.4 is 26.3 Å². The molecule has 11 heteroatoms. The van der Waals surface area contributed by atoms with Crippen LogP contribution in [0.15, 0.2) is 72.8 Å². The summed E-state index contributed by atoms with van der Waals surface area (Å²) in [7, 11) is 0. The molecule has 0 unspecified atom stereocenters. The van der Waals surface area contributed by atoms with E-state index in [1.165, 1.54) is 7.14 Å². The second-order valence-corrected chi connectivity index (χ2v) is 8.30. The summed E-state index contributed by atoms with van der Waals surface area (Å²) in [6.07, 6.45) is 0. The summed E-state index contributed by atoms with van der Waals surface area (Å²) in [6.45, 7) is 0. The molecule has 0 atom stereocenters. The first-order valence-corrected chi connectivity index (χ1v) is 9.98. The van der Waals surface area contributed by atoms with Crippen molar-refractivity contribution in [1.29, 1.82) is 0 Å². The number of nitrogens with zero attached hydrogens (tertiary/aromatic N) is 3. The zero-order valence-electron chi connectivity index (χ0n) is 14.5. The average Bonchev–Trinajstić information content (AvgIpc) is 2.69. The Hall–Kier alpha value is -3.61. The Morgan fingerprint density at radius 2 is 1.00 bits per heavy atom. The summed E-state index contributed by atoms with van der Waals surface area (Å²) in [4.78, 5) is 27.5. The van der Waals surface area contributed by atoms with Crippen LogP contribution in [-0.2, 0) is 0 Å². The summed E-state index contributed by atoms with van der Waals surface area (Å²) >= 11 is 0.0287.